The van der Waals surface area contributed by atoms with Gasteiger partial charge in [-0.1, -0.05) is 19.1 Å². The molecule has 2 N–H and O–H groups in total. The molecule has 0 spiro atoms. The molecule has 2 aromatic rings. The zero-order valence-corrected chi connectivity index (χ0v) is 15.5. The smallest absolute Gasteiger partial charge is 0.347 e. The van der Waals surface area contributed by atoms with E-state index in [0.29, 0.717) is 17.1 Å². The highest BCUT2D eigenvalue weighted by Gasteiger charge is 2.20. The predicted octanol–water partition coefficient (Wildman–Crippen LogP) is 3.53. The number of aryl methyl sites for hydroxylation is 1. The van der Waals surface area contributed by atoms with Crippen LogP contribution in [-0.4, -0.2) is 29.1 Å². The van der Waals surface area contributed by atoms with Crippen molar-refractivity contribution in [3.8, 4) is 5.75 Å². The summed E-state index contributed by atoms with van der Waals surface area (Å²) in [6.45, 7) is 5.44. The molecule has 2 rings (SSSR count). The number of methoxy groups -OCH3 is 1. The van der Waals surface area contributed by atoms with Crippen molar-refractivity contribution < 1.29 is 19.4 Å². The van der Waals surface area contributed by atoms with E-state index in [0.717, 1.165) is 22.6 Å². The lowest BCUT2D eigenvalue weighted by atomic mass is 9.97. The Labute approximate surface area is 150 Å². The van der Waals surface area contributed by atoms with E-state index >= 15 is 0 Å². The van der Waals surface area contributed by atoms with Gasteiger partial charge < -0.3 is 15.2 Å². The Morgan fingerprint density at radius 3 is 2.68 bits per heavy atom. The summed E-state index contributed by atoms with van der Waals surface area (Å²) in [6, 6.07) is 7.32. The maximum atomic E-state index is 12.3. The van der Waals surface area contributed by atoms with E-state index in [9.17, 15) is 9.59 Å². The van der Waals surface area contributed by atoms with Gasteiger partial charge in [-0.05, 0) is 37.5 Å². The first kappa shape index (κ1) is 18.9. The number of benzene rings is 1. The summed E-state index contributed by atoms with van der Waals surface area (Å²) in [6.07, 6.45) is 0.327. The minimum Gasteiger partial charge on any atom is -0.497 e. The Kier molecular flexibility index (Phi) is 6.14. The second-order valence-corrected chi connectivity index (χ2v) is 6.97. The molecule has 1 aromatic heterocycles. The van der Waals surface area contributed by atoms with Crippen molar-refractivity contribution in [1.82, 2.24) is 10.3 Å². The average Bonchev–Trinajstić information content (AvgIpc) is 2.97. The summed E-state index contributed by atoms with van der Waals surface area (Å²) in [5, 5.41) is 12.6. The molecular formula is C18H22N2O4S. The molecule has 0 saturated heterocycles. The van der Waals surface area contributed by atoms with Crippen LogP contribution in [0.1, 0.15) is 58.2 Å². The number of carbonyl (C=O) groups is 2. The Balaban J connectivity index is 1.99. The first-order valence-electron chi connectivity index (χ1n) is 7.95. The van der Waals surface area contributed by atoms with Crippen molar-refractivity contribution in [3.05, 3.63) is 45.4 Å². The molecule has 1 heterocycles. The minimum atomic E-state index is -0.994. The number of carbonyl (C=O) groups excluding carboxylic acids is 1. The number of amides is 1. The van der Waals surface area contributed by atoms with Gasteiger partial charge in [-0.3, -0.25) is 4.79 Å². The Morgan fingerprint density at radius 1 is 1.36 bits per heavy atom. The fourth-order valence-corrected chi connectivity index (χ4v) is 3.42. The second-order valence-electron chi connectivity index (χ2n) is 5.94. The topological polar surface area (TPSA) is 88.5 Å². The normalized spacial score (nSPS) is 13.1. The maximum Gasteiger partial charge on any atom is 0.347 e. The van der Waals surface area contributed by atoms with E-state index in [4.69, 9.17) is 9.84 Å². The summed E-state index contributed by atoms with van der Waals surface area (Å²) in [4.78, 5) is 27.9. The number of hydrogen-bond acceptors (Lipinski definition) is 5. The quantitative estimate of drug-likeness (QED) is 0.786. The van der Waals surface area contributed by atoms with Crippen LogP contribution in [0.5, 0.6) is 5.75 Å². The molecule has 2 atom stereocenters. The third-order valence-electron chi connectivity index (χ3n) is 3.91. The number of carboxylic acids is 1. The number of ether oxygens (including phenoxy) is 1. The highest BCUT2D eigenvalue weighted by atomic mass is 32.1. The summed E-state index contributed by atoms with van der Waals surface area (Å²) in [7, 11) is 1.61. The number of aromatic nitrogens is 1. The van der Waals surface area contributed by atoms with Crippen molar-refractivity contribution >= 4 is 23.2 Å². The molecule has 134 valence electrons. The zero-order valence-electron chi connectivity index (χ0n) is 14.7. The number of carboxylic acid groups (broad SMARTS) is 1. The van der Waals surface area contributed by atoms with Gasteiger partial charge in [-0.15, -0.1) is 11.3 Å². The molecule has 1 aromatic carbocycles. The molecular weight excluding hydrogens is 340 g/mol. The van der Waals surface area contributed by atoms with Gasteiger partial charge in [0.1, 0.15) is 15.6 Å². The van der Waals surface area contributed by atoms with Crippen LogP contribution in [-0.2, 0) is 4.79 Å². The van der Waals surface area contributed by atoms with Gasteiger partial charge in [0.2, 0.25) is 5.91 Å². The van der Waals surface area contributed by atoms with Crippen LogP contribution in [0.15, 0.2) is 24.3 Å². The van der Waals surface area contributed by atoms with Gasteiger partial charge in [0.05, 0.1) is 18.8 Å². The first-order chi connectivity index (χ1) is 11.8. The molecule has 0 aliphatic carbocycles. The van der Waals surface area contributed by atoms with Gasteiger partial charge in [-0.2, -0.15) is 0 Å². The largest absolute Gasteiger partial charge is 0.497 e. The van der Waals surface area contributed by atoms with Crippen molar-refractivity contribution in [2.45, 2.75) is 39.2 Å². The lowest BCUT2D eigenvalue weighted by Crippen LogP contribution is -2.27. The van der Waals surface area contributed by atoms with Crippen LogP contribution in [0.3, 0.4) is 0 Å². The molecule has 6 nitrogen and oxygen atoms in total. The van der Waals surface area contributed by atoms with E-state index in [2.05, 4.69) is 10.3 Å². The van der Waals surface area contributed by atoms with Crippen LogP contribution in [0.2, 0.25) is 0 Å². The first-order valence-corrected chi connectivity index (χ1v) is 8.77. The van der Waals surface area contributed by atoms with E-state index in [1.807, 2.05) is 31.2 Å². The van der Waals surface area contributed by atoms with Crippen LogP contribution in [0.4, 0.5) is 0 Å². The molecule has 1 amide bonds. The number of nitrogens with zero attached hydrogens (tertiary/aromatic N) is 1. The Morgan fingerprint density at radius 2 is 2.08 bits per heavy atom. The lowest BCUT2D eigenvalue weighted by Gasteiger charge is -2.15. The second kappa shape index (κ2) is 8.11. The van der Waals surface area contributed by atoms with Crippen LogP contribution in [0, 0.1) is 6.92 Å². The fraction of sp³-hybridized carbons (Fsp3) is 0.389. The van der Waals surface area contributed by atoms with E-state index in [1.165, 1.54) is 0 Å². The van der Waals surface area contributed by atoms with Crippen LogP contribution < -0.4 is 10.1 Å². The Hall–Kier alpha value is -2.41. The molecule has 0 aliphatic rings. The van der Waals surface area contributed by atoms with Crippen molar-refractivity contribution in [1.29, 1.82) is 0 Å². The minimum absolute atomic E-state index is 0.0370. The van der Waals surface area contributed by atoms with Crippen LogP contribution >= 0.6 is 11.3 Å². The van der Waals surface area contributed by atoms with Gasteiger partial charge in [0.15, 0.2) is 0 Å². The number of aromatic carboxylic acids is 1. The molecule has 25 heavy (non-hydrogen) atoms. The van der Waals surface area contributed by atoms with E-state index in [-0.39, 0.29) is 22.7 Å². The Bertz CT molecular complexity index is 772. The van der Waals surface area contributed by atoms with Gasteiger partial charge in [0.25, 0.3) is 0 Å². The third kappa shape index (κ3) is 4.79. The number of nitrogens with one attached hydrogen (secondary N) is 1. The molecule has 0 saturated carbocycles. The number of thiazole rings is 1. The molecule has 0 aliphatic heterocycles. The lowest BCUT2D eigenvalue weighted by molar-refractivity contribution is -0.122. The summed E-state index contributed by atoms with van der Waals surface area (Å²) in [5.41, 5.74) is 1.50. The number of rotatable bonds is 7. The van der Waals surface area contributed by atoms with Gasteiger partial charge in [-0.25, -0.2) is 9.78 Å². The van der Waals surface area contributed by atoms with Gasteiger partial charge in [0, 0.05) is 6.42 Å². The van der Waals surface area contributed by atoms with Crippen molar-refractivity contribution in [2.24, 2.45) is 0 Å². The zero-order chi connectivity index (χ0) is 18.6. The fourth-order valence-electron chi connectivity index (χ4n) is 2.51. The maximum absolute atomic E-state index is 12.3. The number of hydrogen-bond donors (Lipinski definition) is 2. The highest BCUT2D eigenvalue weighted by molar-refractivity contribution is 7.13. The van der Waals surface area contributed by atoms with E-state index in [1.54, 1.807) is 21.0 Å². The standard InChI is InChI=1S/C18H22N2O4S/c1-10(13-6-5-7-14(9-13)24-4)8-15(21)19-12(3)17-20-11(2)16(25-17)18(22)23/h5-7,9-10,12H,8H2,1-4H3,(H,19,21)(H,22,23). The average molecular weight is 362 g/mol. The van der Waals surface area contributed by atoms with Gasteiger partial charge >= 0.3 is 5.97 Å². The van der Waals surface area contributed by atoms with Crippen LogP contribution in [0.25, 0.3) is 0 Å². The molecule has 0 radical (unpaired) electrons. The highest BCUT2D eigenvalue weighted by Crippen LogP contribution is 2.25. The summed E-state index contributed by atoms with van der Waals surface area (Å²) < 4.78 is 5.21. The summed E-state index contributed by atoms with van der Waals surface area (Å²) in [5.74, 6) is -0.300. The summed E-state index contributed by atoms with van der Waals surface area (Å²) >= 11 is 1.10. The molecule has 7 heteroatoms. The monoisotopic (exact) mass is 362 g/mol. The predicted molar refractivity (Wildman–Crippen MR) is 96.4 cm³/mol. The third-order valence-corrected chi connectivity index (χ3v) is 5.24. The SMILES string of the molecule is COc1cccc(C(C)CC(=O)NC(C)c2nc(C)c(C(=O)O)s2)c1. The van der Waals surface area contributed by atoms with Crippen molar-refractivity contribution in [3.63, 3.8) is 0 Å². The van der Waals surface area contributed by atoms with Crippen molar-refractivity contribution in [2.75, 3.05) is 7.11 Å². The molecule has 0 fully saturated rings. The van der Waals surface area contributed by atoms with E-state index < -0.39 is 5.97 Å². The molecule has 2 unspecified atom stereocenters. The molecule has 0 bridgehead atoms.